The number of pyridine rings is 1. The number of aromatic nitrogens is 1. The van der Waals surface area contributed by atoms with Crippen molar-refractivity contribution >= 4 is 6.29 Å². The molecule has 0 amide bonds. The largest absolute Gasteiger partial charge is 0.417 e. The van der Waals surface area contributed by atoms with E-state index in [1.807, 2.05) is 0 Å². The minimum atomic E-state index is -4.46. The maximum atomic E-state index is 11.9. The number of hydrogen-bond acceptors (Lipinski definition) is 2. The van der Waals surface area contributed by atoms with Crippen molar-refractivity contribution in [3.05, 3.63) is 29.6 Å². The van der Waals surface area contributed by atoms with Crippen LogP contribution in [0.2, 0.25) is 0 Å². The van der Waals surface area contributed by atoms with Gasteiger partial charge in [-0.05, 0) is 6.07 Å². The quantitative estimate of drug-likeness (QED) is 0.646. The summed E-state index contributed by atoms with van der Waals surface area (Å²) in [5.41, 5.74) is -1.15. The van der Waals surface area contributed by atoms with Crippen LogP contribution in [0.25, 0.3) is 0 Å². The topological polar surface area (TPSA) is 30.0 Å². The Morgan fingerprint density at radius 2 is 2.00 bits per heavy atom. The molecule has 0 spiro atoms. The predicted octanol–water partition coefficient (Wildman–Crippen LogP) is 1.56. The smallest absolute Gasteiger partial charge is 0.285 e. The van der Waals surface area contributed by atoms with Gasteiger partial charge in [-0.25, -0.2) is 0 Å². The number of nitrogens with zero attached hydrogens (tertiary/aromatic N) is 1. The molecule has 0 N–H and O–H groups in total. The highest BCUT2D eigenvalue weighted by Crippen LogP contribution is 2.28. The summed E-state index contributed by atoms with van der Waals surface area (Å²) in [6.07, 6.45) is -1.46. The standard InChI is InChI=1S/C7H3F3NO/c8-7(9,10)6-1-5(4-12)2-11-3-6/h1-3H. The molecule has 0 aliphatic rings. The summed E-state index contributed by atoms with van der Waals surface area (Å²) in [7, 11) is 0. The van der Waals surface area contributed by atoms with Crippen molar-refractivity contribution in [2.24, 2.45) is 0 Å². The lowest BCUT2D eigenvalue weighted by atomic mass is 10.2. The molecule has 0 fully saturated rings. The van der Waals surface area contributed by atoms with E-state index in [9.17, 15) is 18.0 Å². The van der Waals surface area contributed by atoms with Crippen LogP contribution in [0.5, 0.6) is 0 Å². The van der Waals surface area contributed by atoms with Gasteiger partial charge >= 0.3 is 6.18 Å². The van der Waals surface area contributed by atoms with Crippen molar-refractivity contribution in [3.8, 4) is 0 Å². The second-order valence-electron chi connectivity index (χ2n) is 2.06. The van der Waals surface area contributed by atoms with Gasteiger partial charge in [-0.1, -0.05) is 0 Å². The van der Waals surface area contributed by atoms with Gasteiger partial charge in [-0.2, -0.15) is 13.2 Å². The number of hydrogen-bond donors (Lipinski definition) is 0. The van der Waals surface area contributed by atoms with Crippen LogP contribution in [0.3, 0.4) is 0 Å². The van der Waals surface area contributed by atoms with Crippen LogP contribution in [-0.2, 0) is 11.0 Å². The zero-order valence-electron chi connectivity index (χ0n) is 5.72. The third kappa shape index (κ3) is 1.81. The molecule has 0 aliphatic heterocycles. The van der Waals surface area contributed by atoms with Crippen molar-refractivity contribution < 1.29 is 18.0 Å². The fraction of sp³-hybridized carbons (Fsp3) is 0.143. The second kappa shape index (κ2) is 2.92. The number of halogens is 3. The first-order valence-corrected chi connectivity index (χ1v) is 2.94. The molecule has 5 heteroatoms. The lowest BCUT2D eigenvalue weighted by Gasteiger charge is -2.04. The van der Waals surface area contributed by atoms with Gasteiger partial charge in [0.1, 0.15) is 0 Å². The molecule has 0 bridgehead atoms. The minimum absolute atomic E-state index is 0.204. The molecule has 1 heterocycles. The number of rotatable bonds is 1. The van der Waals surface area contributed by atoms with Crippen molar-refractivity contribution in [2.75, 3.05) is 0 Å². The van der Waals surface area contributed by atoms with Crippen molar-refractivity contribution in [1.29, 1.82) is 0 Å². The summed E-state index contributed by atoms with van der Waals surface area (Å²) in [4.78, 5) is 13.2. The van der Waals surface area contributed by atoms with E-state index < -0.39 is 11.7 Å². The Morgan fingerprint density at radius 3 is 2.50 bits per heavy atom. The van der Waals surface area contributed by atoms with E-state index in [2.05, 4.69) is 4.98 Å². The average Bonchev–Trinajstić information content (AvgIpc) is 2.03. The Hall–Kier alpha value is -1.39. The molecule has 2 nitrogen and oxygen atoms in total. The van der Waals surface area contributed by atoms with Gasteiger partial charge in [-0.15, -0.1) is 0 Å². The molecule has 0 aromatic carbocycles. The summed E-state index contributed by atoms with van der Waals surface area (Å²) < 4.78 is 35.8. The molecule has 0 atom stereocenters. The van der Waals surface area contributed by atoms with Crippen LogP contribution in [0.1, 0.15) is 11.1 Å². The van der Waals surface area contributed by atoms with E-state index >= 15 is 0 Å². The van der Waals surface area contributed by atoms with E-state index in [1.165, 1.54) is 6.29 Å². The Morgan fingerprint density at radius 1 is 1.33 bits per heavy atom. The molecule has 0 unspecified atom stereocenters. The van der Waals surface area contributed by atoms with Crippen LogP contribution < -0.4 is 0 Å². The van der Waals surface area contributed by atoms with Gasteiger partial charge < -0.3 is 0 Å². The first-order chi connectivity index (χ1) is 5.54. The maximum absolute atomic E-state index is 11.9. The Balaban J connectivity index is 3.10. The SMILES string of the molecule is O=[C]c1cncc(C(F)(F)F)c1. The van der Waals surface area contributed by atoms with Crippen molar-refractivity contribution in [1.82, 2.24) is 4.98 Å². The van der Waals surface area contributed by atoms with E-state index in [1.54, 1.807) is 0 Å². The summed E-state index contributed by atoms with van der Waals surface area (Å²) in [6.45, 7) is 0. The first-order valence-electron chi connectivity index (χ1n) is 2.94. The summed E-state index contributed by atoms with van der Waals surface area (Å²) in [6, 6.07) is 0.694. The zero-order valence-corrected chi connectivity index (χ0v) is 5.72. The van der Waals surface area contributed by atoms with E-state index in [-0.39, 0.29) is 5.56 Å². The molecule has 1 rings (SSSR count). The van der Waals surface area contributed by atoms with Gasteiger partial charge in [0.25, 0.3) is 0 Å². The lowest BCUT2D eigenvalue weighted by molar-refractivity contribution is -0.137. The zero-order chi connectivity index (χ0) is 9.19. The highest BCUT2D eigenvalue weighted by atomic mass is 19.4. The Bertz CT molecular complexity index is 295. The second-order valence-corrected chi connectivity index (χ2v) is 2.06. The highest BCUT2D eigenvalue weighted by Gasteiger charge is 2.30. The van der Waals surface area contributed by atoms with Gasteiger partial charge in [-0.3, -0.25) is 9.78 Å². The molecule has 0 aliphatic carbocycles. The Labute approximate surface area is 66.0 Å². The van der Waals surface area contributed by atoms with Crippen molar-refractivity contribution in [2.45, 2.75) is 6.18 Å². The van der Waals surface area contributed by atoms with Gasteiger partial charge in [0.15, 0.2) is 0 Å². The minimum Gasteiger partial charge on any atom is -0.285 e. The summed E-state index contributed by atoms with van der Waals surface area (Å²) >= 11 is 0. The lowest BCUT2D eigenvalue weighted by Crippen LogP contribution is -2.05. The third-order valence-electron chi connectivity index (χ3n) is 1.18. The molecular weight excluding hydrogens is 171 g/mol. The monoisotopic (exact) mass is 174 g/mol. The fourth-order valence-electron chi connectivity index (χ4n) is 0.651. The number of carbonyl (C=O) groups excluding carboxylic acids is 1. The molecule has 0 saturated carbocycles. The molecule has 1 aromatic rings. The normalized spacial score (nSPS) is 11.2. The third-order valence-corrected chi connectivity index (χ3v) is 1.18. The van der Waals surface area contributed by atoms with Gasteiger partial charge in [0.05, 0.1) is 5.56 Å². The predicted molar refractivity (Wildman–Crippen MR) is 34.0 cm³/mol. The molecule has 63 valence electrons. The molecule has 1 radical (unpaired) electrons. The maximum Gasteiger partial charge on any atom is 0.417 e. The number of alkyl halides is 3. The van der Waals surface area contributed by atoms with Crippen LogP contribution >= 0.6 is 0 Å². The van der Waals surface area contributed by atoms with Crippen LogP contribution in [0, 0.1) is 0 Å². The van der Waals surface area contributed by atoms with Gasteiger partial charge in [0, 0.05) is 18.0 Å². The van der Waals surface area contributed by atoms with E-state index in [4.69, 9.17) is 0 Å². The molecule has 12 heavy (non-hydrogen) atoms. The van der Waals surface area contributed by atoms with Crippen LogP contribution in [0.4, 0.5) is 13.2 Å². The van der Waals surface area contributed by atoms with E-state index in [0.717, 1.165) is 6.20 Å². The summed E-state index contributed by atoms with van der Waals surface area (Å²) in [5, 5.41) is 0. The average molecular weight is 174 g/mol. The Kier molecular flexibility index (Phi) is 2.12. The summed E-state index contributed by atoms with van der Waals surface area (Å²) in [5.74, 6) is 0. The van der Waals surface area contributed by atoms with Crippen LogP contribution in [0.15, 0.2) is 18.5 Å². The van der Waals surface area contributed by atoms with E-state index in [0.29, 0.717) is 12.3 Å². The molecule has 0 saturated heterocycles. The van der Waals surface area contributed by atoms with Gasteiger partial charge in [0.2, 0.25) is 6.29 Å². The van der Waals surface area contributed by atoms with Crippen molar-refractivity contribution in [3.63, 3.8) is 0 Å². The molecule has 1 aromatic heterocycles. The van der Waals surface area contributed by atoms with Crippen LogP contribution in [-0.4, -0.2) is 11.3 Å². The first kappa shape index (κ1) is 8.70. The highest BCUT2D eigenvalue weighted by molar-refractivity contribution is 5.74. The fourth-order valence-corrected chi connectivity index (χ4v) is 0.651. The molecular formula is C7H3F3NO.